The molecule has 2 amide bonds. The Hall–Kier alpha value is -4.15. The lowest BCUT2D eigenvalue weighted by Gasteiger charge is -2.15. The maximum absolute atomic E-state index is 13.7. The second kappa shape index (κ2) is 8.41. The summed E-state index contributed by atoms with van der Waals surface area (Å²) in [5, 5.41) is 5.11. The number of nitrogens with one attached hydrogen (secondary N) is 3. The number of aryl methyl sites for hydroxylation is 1. The SMILES string of the molecule is Cc1nc2cc(-n3ccc(CNC(=O)Nc4ccc(F)cc4)c3)c(C(F)(F)F)cc2[nH]c1=O. The number of hydrogen-bond donors (Lipinski definition) is 3. The number of aromatic nitrogens is 3. The smallest absolute Gasteiger partial charge is 0.334 e. The van der Waals surface area contributed by atoms with Gasteiger partial charge in [-0.3, -0.25) is 4.79 Å². The van der Waals surface area contributed by atoms with Crippen molar-refractivity contribution < 1.29 is 22.4 Å². The summed E-state index contributed by atoms with van der Waals surface area (Å²) < 4.78 is 55.4. The highest BCUT2D eigenvalue weighted by Crippen LogP contribution is 2.36. The molecule has 7 nitrogen and oxygen atoms in total. The van der Waals surface area contributed by atoms with Crippen molar-refractivity contribution in [1.29, 1.82) is 0 Å². The van der Waals surface area contributed by atoms with Crippen molar-refractivity contribution in [2.24, 2.45) is 0 Å². The minimum absolute atomic E-state index is 0.0202. The molecule has 0 fully saturated rings. The predicted octanol–water partition coefficient (Wildman–Crippen LogP) is 4.50. The summed E-state index contributed by atoms with van der Waals surface area (Å²) in [6.07, 6.45) is -1.79. The molecule has 4 aromatic rings. The summed E-state index contributed by atoms with van der Waals surface area (Å²) in [5.41, 5.74) is -0.414. The number of carbonyl (C=O) groups is 1. The van der Waals surface area contributed by atoms with E-state index in [0.717, 1.165) is 6.07 Å². The van der Waals surface area contributed by atoms with E-state index < -0.39 is 29.1 Å². The Labute approximate surface area is 184 Å². The number of benzene rings is 2. The fourth-order valence-corrected chi connectivity index (χ4v) is 3.24. The van der Waals surface area contributed by atoms with Crippen LogP contribution < -0.4 is 16.2 Å². The zero-order valence-corrected chi connectivity index (χ0v) is 17.1. The molecule has 0 aliphatic carbocycles. The summed E-state index contributed by atoms with van der Waals surface area (Å²) >= 11 is 0. The summed E-state index contributed by atoms with van der Waals surface area (Å²) in [6.45, 7) is 1.51. The third-order valence-corrected chi connectivity index (χ3v) is 4.87. The van der Waals surface area contributed by atoms with Gasteiger partial charge in [0.2, 0.25) is 0 Å². The van der Waals surface area contributed by atoms with Crippen LogP contribution in [-0.2, 0) is 12.7 Å². The fraction of sp³-hybridized carbons (Fsp3) is 0.136. The minimum Gasteiger partial charge on any atom is -0.334 e. The largest absolute Gasteiger partial charge is 0.418 e. The van der Waals surface area contributed by atoms with Gasteiger partial charge < -0.3 is 20.2 Å². The first-order valence-corrected chi connectivity index (χ1v) is 9.70. The molecule has 33 heavy (non-hydrogen) atoms. The molecule has 3 N–H and O–H groups in total. The summed E-state index contributed by atoms with van der Waals surface area (Å²) in [6, 6.07) is 8.30. The van der Waals surface area contributed by atoms with E-state index in [-0.39, 0.29) is 29.0 Å². The first-order valence-electron chi connectivity index (χ1n) is 9.70. The number of carbonyl (C=O) groups excluding carboxylic acids is 1. The average molecular weight is 459 g/mol. The van der Waals surface area contributed by atoms with Crippen LogP contribution in [0.3, 0.4) is 0 Å². The Bertz CT molecular complexity index is 1390. The van der Waals surface area contributed by atoms with Crippen molar-refractivity contribution in [1.82, 2.24) is 19.9 Å². The topological polar surface area (TPSA) is 91.8 Å². The second-order valence-corrected chi connectivity index (χ2v) is 7.28. The molecule has 0 saturated carbocycles. The van der Waals surface area contributed by atoms with Crippen molar-refractivity contribution in [2.75, 3.05) is 5.32 Å². The van der Waals surface area contributed by atoms with Crippen LogP contribution in [0.4, 0.5) is 28.0 Å². The average Bonchev–Trinajstić information content (AvgIpc) is 3.22. The molecule has 0 radical (unpaired) electrons. The highest BCUT2D eigenvalue weighted by atomic mass is 19.4. The van der Waals surface area contributed by atoms with E-state index in [1.54, 1.807) is 6.07 Å². The molecular weight excluding hydrogens is 442 g/mol. The Kier molecular flexibility index (Phi) is 5.62. The standard InChI is InChI=1S/C22H17F4N5O2/c1-12-20(32)30-17-8-16(22(24,25)26)19(9-18(17)28-12)31-7-6-13(11-31)10-27-21(33)29-15-4-2-14(23)3-5-15/h2-9,11H,10H2,1H3,(H,30,32)(H2,27,29,33). The van der Waals surface area contributed by atoms with Gasteiger partial charge in [0.1, 0.15) is 11.5 Å². The number of urea groups is 1. The van der Waals surface area contributed by atoms with Crippen LogP contribution in [0.5, 0.6) is 0 Å². The highest BCUT2D eigenvalue weighted by Gasteiger charge is 2.34. The number of nitrogens with zero attached hydrogens (tertiary/aromatic N) is 2. The van der Waals surface area contributed by atoms with Crippen LogP contribution in [0.2, 0.25) is 0 Å². The van der Waals surface area contributed by atoms with E-state index in [4.69, 9.17) is 0 Å². The van der Waals surface area contributed by atoms with Crippen LogP contribution in [0, 0.1) is 12.7 Å². The van der Waals surface area contributed by atoms with E-state index in [1.807, 2.05) is 0 Å². The van der Waals surface area contributed by atoms with Gasteiger partial charge in [-0.25, -0.2) is 14.2 Å². The fourth-order valence-electron chi connectivity index (χ4n) is 3.24. The van der Waals surface area contributed by atoms with E-state index >= 15 is 0 Å². The zero-order chi connectivity index (χ0) is 23.8. The van der Waals surface area contributed by atoms with E-state index in [9.17, 15) is 27.2 Å². The highest BCUT2D eigenvalue weighted by molar-refractivity contribution is 5.89. The lowest BCUT2D eigenvalue weighted by Crippen LogP contribution is -2.28. The van der Waals surface area contributed by atoms with Gasteiger partial charge >= 0.3 is 12.2 Å². The maximum atomic E-state index is 13.7. The number of aromatic amines is 1. The van der Waals surface area contributed by atoms with Crippen molar-refractivity contribution in [2.45, 2.75) is 19.6 Å². The number of hydrogen-bond acceptors (Lipinski definition) is 3. The van der Waals surface area contributed by atoms with E-state index in [2.05, 4.69) is 20.6 Å². The minimum atomic E-state index is -4.68. The van der Waals surface area contributed by atoms with Crippen LogP contribution in [-0.4, -0.2) is 20.6 Å². The van der Waals surface area contributed by atoms with Crippen LogP contribution in [0.15, 0.2) is 59.7 Å². The Morgan fingerprint density at radius 3 is 2.58 bits per heavy atom. The second-order valence-electron chi connectivity index (χ2n) is 7.28. The van der Waals surface area contributed by atoms with Crippen LogP contribution in [0.1, 0.15) is 16.8 Å². The molecule has 0 saturated heterocycles. The third kappa shape index (κ3) is 4.86. The normalized spacial score (nSPS) is 11.5. The van der Waals surface area contributed by atoms with Gasteiger partial charge in [-0.05, 0) is 55.0 Å². The predicted molar refractivity (Wildman–Crippen MR) is 114 cm³/mol. The number of fused-ring (bicyclic) bond motifs is 1. The Morgan fingerprint density at radius 2 is 1.88 bits per heavy atom. The molecule has 0 aliphatic heterocycles. The number of amides is 2. The van der Waals surface area contributed by atoms with E-state index in [1.165, 1.54) is 54.2 Å². The quantitative estimate of drug-likeness (QED) is 0.393. The van der Waals surface area contributed by atoms with Gasteiger partial charge in [0.25, 0.3) is 5.56 Å². The molecule has 2 aromatic heterocycles. The zero-order valence-electron chi connectivity index (χ0n) is 17.1. The number of rotatable bonds is 4. The molecule has 0 unspecified atom stereocenters. The van der Waals surface area contributed by atoms with Gasteiger partial charge in [-0.2, -0.15) is 13.2 Å². The molecular formula is C22H17F4N5O2. The number of anilines is 1. The lowest BCUT2D eigenvalue weighted by atomic mass is 10.1. The summed E-state index contributed by atoms with van der Waals surface area (Å²) in [5.74, 6) is -0.439. The van der Waals surface area contributed by atoms with Crippen LogP contribution in [0.25, 0.3) is 16.7 Å². The van der Waals surface area contributed by atoms with Gasteiger partial charge in [0.05, 0.1) is 22.3 Å². The van der Waals surface area contributed by atoms with Crippen molar-refractivity contribution in [3.05, 3.63) is 87.9 Å². The van der Waals surface area contributed by atoms with Gasteiger partial charge in [0, 0.05) is 24.6 Å². The molecule has 2 heterocycles. The van der Waals surface area contributed by atoms with Crippen molar-refractivity contribution in [3.8, 4) is 5.69 Å². The maximum Gasteiger partial charge on any atom is 0.418 e. The number of alkyl halides is 3. The first-order chi connectivity index (χ1) is 15.6. The molecule has 0 bridgehead atoms. The van der Waals surface area contributed by atoms with Crippen LogP contribution >= 0.6 is 0 Å². The Morgan fingerprint density at radius 1 is 1.15 bits per heavy atom. The third-order valence-electron chi connectivity index (χ3n) is 4.87. The monoisotopic (exact) mass is 459 g/mol. The molecule has 4 rings (SSSR count). The molecule has 11 heteroatoms. The number of H-pyrrole nitrogens is 1. The van der Waals surface area contributed by atoms with Gasteiger partial charge in [0.15, 0.2) is 0 Å². The van der Waals surface area contributed by atoms with Crippen molar-refractivity contribution >= 4 is 22.8 Å². The lowest BCUT2D eigenvalue weighted by molar-refractivity contribution is -0.137. The van der Waals surface area contributed by atoms with Gasteiger partial charge in [-0.15, -0.1) is 0 Å². The van der Waals surface area contributed by atoms with E-state index in [0.29, 0.717) is 11.3 Å². The van der Waals surface area contributed by atoms with Gasteiger partial charge in [-0.1, -0.05) is 0 Å². The first kappa shape index (κ1) is 22.1. The molecule has 2 aromatic carbocycles. The van der Waals surface area contributed by atoms with Crippen molar-refractivity contribution in [3.63, 3.8) is 0 Å². The molecule has 0 spiro atoms. The molecule has 0 atom stereocenters. The molecule has 170 valence electrons. The Balaban J connectivity index is 1.57. The summed E-state index contributed by atoms with van der Waals surface area (Å²) in [7, 11) is 0. The summed E-state index contributed by atoms with van der Waals surface area (Å²) in [4.78, 5) is 30.3. The molecule has 0 aliphatic rings. The number of halogens is 4.